The van der Waals surface area contributed by atoms with Gasteiger partial charge in [-0.2, -0.15) is 0 Å². The van der Waals surface area contributed by atoms with E-state index in [1.54, 1.807) is 28.8 Å². The van der Waals surface area contributed by atoms with Gasteiger partial charge in [-0.05, 0) is 24.2 Å². The Labute approximate surface area is 162 Å². The van der Waals surface area contributed by atoms with Crippen LogP contribution >= 0.6 is 0 Å². The average Bonchev–Trinajstić information content (AvgIpc) is 2.70. The summed E-state index contributed by atoms with van der Waals surface area (Å²) in [6, 6.07) is 8.34. The highest BCUT2D eigenvalue weighted by Gasteiger charge is 2.24. The molecule has 0 aromatic heterocycles. The molecule has 7 nitrogen and oxygen atoms in total. The molecule has 1 aliphatic rings. The van der Waals surface area contributed by atoms with Crippen LogP contribution in [0.15, 0.2) is 24.3 Å². The van der Waals surface area contributed by atoms with Gasteiger partial charge in [-0.15, -0.1) is 0 Å². The number of carbonyl (C=O) groups is 2. The molecule has 1 N–H and O–H groups in total. The number of benzene rings is 1. The van der Waals surface area contributed by atoms with Crippen molar-refractivity contribution in [3.05, 3.63) is 35.4 Å². The fourth-order valence-corrected chi connectivity index (χ4v) is 3.14. The van der Waals surface area contributed by atoms with E-state index in [0.717, 1.165) is 25.2 Å². The lowest BCUT2D eigenvalue weighted by molar-refractivity contribution is 0.128. The standard InChI is InChI=1S/C20H33N5O2/c1-5-23(6-2)16-18-9-7-17(8-10-18)15-21-19(26)24-11-13-25(14-12-24)20(27)22(3)4/h7-10H,5-6,11-16H2,1-4H3,(H,21,26). The molecule has 4 amide bonds. The second-order valence-corrected chi connectivity index (χ2v) is 7.09. The van der Waals surface area contributed by atoms with E-state index >= 15 is 0 Å². The smallest absolute Gasteiger partial charge is 0.319 e. The molecule has 1 aromatic rings. The quantitative estimate of drug-likeness (QED) is 0.828. The first-order chi connectivity index (χ1) is 12.9. The molecule has 0 bridgehead atoms. The van der Waals surface area contributed by atoms with Gasteiger partial charge in [0, 0.05) is 53.4 Å². The second kappa shape index (κ2) is 10.2. The number of nitrogens with zero attached hydrogens (tertiary/aromatic N) is 4. The first kappa shape index (κ1) is 21.0. The Morgan fingerprint density at radius 3 is 1.96 bits per heavy atom. The van der Waals surface area contributed by atoms with Crippen molar-refractivity contribution in [2.75, 3.05) is 53.4 Å². The lowest BCUT2D eigenvalue weighted by atomic mass is 10.1. The maximum atomic E-state index is 12.4. The summed E-state index contributed by atoms with van der Waals surface area (Å²) in [5.41, 5.74) is 2.38. The third kappa shape index (κ3) is 6.13. The van der Waals surface area contributed by atoms with E-state index in [9.17, 15) is 9.59 Å². The van der Waals surface area contributed by atoms with E-state index < -0.39 is 0 Å². The molecule has 1 saturated heterocycles. The van der Waals surface area contributed by atoms with Crippen LogP contribution in [0.1, 0.15) is 25.0 Å². The first-order valence-electron chi connectivity index (χ1n) is 9.73. The highest BCUT2D eigenvalue weighted by atomic mass is 16.2. The lowest BCUT2D eigenvalue weighted by Crippen LogP contribution is -2.54. The summed E-state index contributed by atoms with van der Waals surface area (Å²) in [7, 11) is 3.49. The number of carbonyl (C=O) groups excluding carboxylic acids is 2. The first-order valence-corrected chi connectivity index (χ1v) is 9.73. The molecular weight excluding hydrogens is 342 g/mol. The minimum atomic E-state index is -0.0702. The van der Waals surface area contributed by atoms with Gasteiger partial charge in [-0.3, -0.25) is 4.90 Å². The highest BCUT2D eigenvalue weighted by Crippen LogP contribution is 2.09. The number of rotatable bonds is 6. The van der Waals surface area contributed by atoms with Gasteiger partial charge >= 0.3 is 12.1 Å². The van der Waals surface area contributed by atoms with Gasteiger partial charge in [0.05, 0.1) is 0 Å². The number of nitrogens with one attached hydrogen (secondary N) is 1. The normalized spacial score (nSPS) is 14.4. The lowest BCUT2D eigenvalue weighted by Gasteiger charge is -2.35. The van der Waals surface area contributed by atoms with Crippen molar-refractivity contribution in [3.8, 4) is 0 Å². The van der Waals surface area contributed by atoms with Crippen LogP contribution in [-0.4, -0.2) is 85.0 Å². The predicted octanol–water partition coefficient (Wildman–Crippen LogP) is 2.04. The topological polar surface area (TPSA) is 59.1 Å². The molecule has 1 fully saturated rings. The van der Waals surface area contributed by atoms with Gasteiger partial charge in [-0.25, -0.2) is 9.59 Å². The summed E-state index contributed by atoms with van der Waals surface area (Å²) in [5, 5.41) is 2.98. The van der Waals surface area contributed by atoms with Gasteiger partial charge < -0.3 is 20.0 Å². The van der Waals surface area contributed by atoms with Gasteiger partial charge in [0.25, 0.3) is 0 Å². The molecule has 1 heterocycles. The number of urea groups is 2. The minimum absolute atomic E-state index is 0.000130. The molecular formula is C20H33N5O2. The van der Waals surface area contributed by atoms with E-state index in [4.69, 9.17) is 0 Å². The van der Waals surface area contributed by atoms with E-state index in [1.165, 1.54) is 5.56 Å². The van der Waals surface area contributed by atoms with Crippen molar-refractivity contribution >= 4 is 12.1 Å². The Bertz CT molecular complexity index is 605. The summed E-state index contributed by atoms with van der Waals surface area (Å²) in [4.78, 5) is 31.8. The number of hydrogen-bond acceptors (Lipinski definition) is 3. The van der Waals surface area contributed by atoms with Crippen molar-refractivity contribution < 1.29 is 9.59 Å². The summed E-state index contributed by atoms with van der Waals surface area (Å²) in [6.45, 7) is 10.2. The Balaban J connectivity index is 1.76. The molecule has 0 radical (unpaired) electrons. The zero-order chi connectivity index (χ0) is 19.8. The van der Waals surface area contributed by atoms with Crippen molar-refractivity contribution in [3.63, 3.8) is 0 Å². The van der Waals surface area contributed by atoms with Gasteiger partial charge in [0.2, 0.25) is 0 Å². The van der Waals surface area contributed by atoms with Crippen LogP contribution in [0.25, 0.3) is 0 Å². The van der Waals surface area contributed by atoms with E-state index in [0.29, 0.717) is 32.7 Å². The predicted molar refractivity (Wildman–Crippen MR) is 108 cm³/mol. The SMILES string of the molecule is CCN(CC)Cc1ccc(CNC(=O)N2CCN(C(=O)N(C)C)CC2)cc1. The molecule has 0 spiro atoms. The maximum Gasteiger partial charge on any atom is 0.319 e. The molecule has 1 aliphatic heterocycles. The number of amides is 4. The summed E-state index contributed by atoms with van der Waals surface area (Å²) in [5.74, 6) is 0. The molecule has 0 saturated carbocycles. The molecule has 7 heteroatoms. The maximum absolute atomic E-state index is 12.4. The Kier molecular flexibility index (Phi) is 7.91. The van der Waals surface area contributed by atoms with Gasteiger partial charge in [0.15, 0.2) is 0 Å². The van der Waals surface area contributed by atoms with Crippen molar-refractivity contribution in [2.45, 2.75) is 26.9 Å². The van der Waals surface area contributed by atoms with Crippen molar-refractivity contribution in [1.29, 1.82) is 0 Å². The molecule has 2 rings (SSSR count). The highest BCUT2D eigenvalue weighted by molar-refractivity contribution is 5.76. The van der Waals surface area contributed by atoms with Crippen LogP contribution in [0.3, 0.4) is 0 Å². The van der Waals surface area contributed by atoms with Crippen molar-refractivity contribution in [2.24, 2.45) is 0 Å². The molecule has 0 aliphatic carbocycles. The molecule has 1 aromatic carbocycles. The van der Waals surface area contributed by atoms with Gasteiger partial charge in [0.1, 0.15) is 0 Å². The molecule has 0 atom stereocenters. The number of hydrogen-bond donors (Lipinski definition) is 1. The largest absolute Gasteiger partial charge is 0.334 e. The third-order valence-electron chi connectivity index (χ3n) is 4.99. The zero-order valence-corrected chi connectivity index (χ0v) is 17.1. The monoisotopic (exact) mass is 375 g/mol. The summed E-state index contributed by atoms with van der Waals surface area (Å²) in [6.07, 6.45) is 0. The van der Waals surface area contributed by atoms with E-state index in [1.807, 2.05) is 0 Å². The molecule has 150 valence electrons. The van der Waals surface area contributed by atoms with Crippen LogP contribution in [0.2, 0.25) is 0 Å². The van der Waals surface area contributed by atoms with Crippen LogP contribution < -0.4 is 5.32 Å². The Morgan fingerprint density at radius 2 is 1.44 bits per heavy atom. The van der Waals surface area contributed by atoms with Crippen LogP contribution in [-0.2, 0) is 13.1 Å². The Morgan fingerprint density at radius 1 is 0.926 bits per heavy atom. The van der Waals surface area contributed by atoms with Gasteiger partial charge in [-0.1, -0.05) is 38.1 Å². The fourth-order valence-electron chi connectivity index (χ4n) is 3.14. The number of piperazine rings is 1. The molecule has 27 heavy (non-hydrogen) atoms. The fraction of sp³-hybridized carbons (Fsp3) is 0.600. The van der Waals surface area contributed by atoms with Crippen molar-refractivity contribution in [1.82, 2.24) is 24.9 Å². The average molecular weight is 376 g/mol. The summed E-state index contributed by atoms with van der Waals surface area (Å²) >= 11 is 0. The van der Waals surface area contributed by atoms with E-state index in [2.05, 4.69) is 48.3 Å². The Hall–Kier alpha value is -2.28. The molecule has 0 unspecified atom stereocenters. The summed E-state index contributed by atoms with van der Waals surface area (Å²) < 4.78 is 0. The van der Waals surface area contributed by atoms with E-state index in [-0.39, 0.29) is 12.1 Å². The minimum Gasteiger partial charge on any atom is -0.334 e. The second-order valence-electron chi connectivity index (χ2n) is 7.09. The van der Waals surface area contributed by atoms with Crippen LogP contribution in [0, 0.1) is 0 Å². The zero-order valence-electron chi connectivity index (χ0n) is 17.1. The van der Waals surface area contributed by atoms with Crippen LogP contribution in [0.4, 0.5) is 9.59 Å². The third-order valence-corrected chi connectivity index (χ3v) is 4.99. The van der Waals surface area contributed by atoms with Crippen LogP contribution in [0.5, 0.6) is 0 Å².